The zero-order valence-corrected chi connectivity index (χ0v) is 26.1. The quantitative estimate of drug-likeness (QED) is 0.187. The van der Waals surface area contributed by atoms with Gasteiger partial charge in [-0.25, -0.2) is 0 Å². The summed E-state index contributed by atoms with van der Waals surface area (Å²) in [5.41, 5.74) is 13.0. The Kier molecular flexibility index (Phi) is 6.80. The van der Waals surface area contributed by atoms with Crippen LogP contribution in [-0.2, 0) is 0 Å². The first kappa shape index (κ1) is 27.8. The van der Waals surface area contributed by atoms with Crippen LogP contribution in [0.1, 0.15) is 0 Å². The summed E-state index contributed by atoms with van der Waals surface area (Å²) in [5.74, 6) is 0. The number of rotatable bonds is 6. The first-order chi connectivity index (χ1) is 23.8. The zero-order chi connectivity index (χ0) is 31.9. The number of nitrogens with zero attached hydrogens (tertiary/aromatic N) is 2. The van der Waals surface area contributed by atoms with Crippen LogP contribution in [0.2, 0.25) is 0 Å². The van der Waals surface area contributed by atoms with E-state index in [-0.39, 0.29) is 0 Å². The summed E-state index contributed by atoms with van der Waals surface area (Å²) in [6.45, 7) is 0. The molecule has 2 heterocycles. The number of pyridine rings is 1. The van der Waals surface area contributed by atoms with E-state index in [1.54, 1.807) is 0 Å². The van der Waals surface area contributed by atoms with Crippen molar-refractivity contribution >= 4 is 49.9 Å². The first-order valence-electron chi connectivity index (χ1n) is 16.2. The third-order valence-corrected chi connectivity index (χ3v) is 9.12. The molecule has 3 heteroatoms. The molecule has 2 aromatic heterocycles. The van der Waals surface area contributed by atoms with Crippen molar-refractivity contribution in [1.29, 1.82) is 0 Å². The van der Waals surface area contributed by atoms with Crippen LogP contribution >= 0.6 is 0 Å². The van der Waals surface area contributed by atoms with Crippen LogP contribution in [0.4, 0.5) is 17.1 Å². The highest BCUT2D eigenvalue weighted by atomic mass is 16.3. The van der Waals surface area contributed by atoms with Crippen molar-refractivity contribution in [3.05, 3.63) is 182 Å². The topological polar surface area (TPSA) is 29.3 Å². The summed E-state index contributed by atoms with van der Waals surface area (Å²) >= 11 is 0. The van der Waals surface area contributed by atoms with Gasteiger partial charge in [0.05, 0.1) is 11.2 Å². The molecular weight excluding hydrogens is 585 g/mol. The Bertz CT molecular complexity index is 2540. The third kappa shape index (κ3) is 4.99. The Morgan fingerprint density at radius 2 is 1.00 bits per heavy atom. The van der Waals surface area contributed by atoms with Crippen LogP contribution in [0.5, 0.6) is 0 Å². The summed E-state index contributed by atoms with van der Waals surface area (Å²) < 4.78 is 6.34. The van der Waals surface area contributed by atoms with Crippen LogP contribution in [-0.4, -0.2) is 4.98 Å². The monoisotopic (exact) mass is 614 g/mol. The van der Waals surface area contributed by atoms with Gasteiger partial charge in [-0.3, -0.25) is 4.98 Å². The van der Waals surface area contributed by atoms with E-state index in [0.29, 0.717) is 0 Å². The van der Waals surface area contributed by atoms with E-state index in [2.05, 4.69) is 174 Å². The maximum Gasteiger partial charge on any atom is 0.137 e. The van der Waals surface area contributed by atoms with Gasteiger partial charge in [-0.1, -0.05) is 121 Å². The van der Waals surface area contributed by atoms with Crippen molar-refractivity contribution in [2.75, 3.05) is 4.90 Å². The summed E-state index contributed by atoms with van der Waals surface area (Å²) in [5, 5.41) is 3.25. The Morgan fingerprint density at radius 1 is 0.417 bits per heavy atom. The van der Waals surface area contributed by atoms with E-state index >= 15 is 0 Å². The Hall–Kier alpha value is -6.45. The molecule has 0 spiro atoms. The predicted molar refractivity (Wildman–Crippen MR) is 200 cm³/mol. The van der Waals surface area contributed by atoms with Gasteiger partial charge in [0.15, 0.2) is 0 Å². The van der Waals surface area contributed by atoms with Gasteiger partial charge in [0.1, 0.15) is 11.2 Å². The van der Waals surface area contributed by atoms with Gasteiger partial charge in [-0.15, -0.1) is 0 Å². The molecule has 9 aromatic rings. The fourth-order valence-corrected chi connectivity index (χ4v) is 6.72. The lowest BCUT2D eigenvalue weighted by Crippen LogP contribution is -2.11. The number of para-hydroxylation sites is 1. The van der Waals surface area contributed by atoms with Crippen molar-refractivity contribution in [3.8, 4) is 33.4 Å². The lowest BCUT2D eigenvalue weighted by Gasteiger charge is -2.28. The van der Waals surface area contributed by atoms with Crippen molar-refractivity contribution < 1.29 is 4.42 Å². The normalized spacial score (nSPS) is 11.3. The van der Waals surface area contributed by atoms with E-state index in [1.165, 1.54) is 27.8 Å². The van der Waals surface area contributed by atoms with E-state index in [1.807, 2.05) is 18.3 Å². The number of hydrogen-bond acceptors (Lipinski definition) is 3. The molecule has 0 aliphatic rings. The third-order valence-electron chi connectivity index (χ3n) is 9.12. The molecular formula is C45H30N2O. The molecule has 0 radical (unpaired) electrons. The number of anilines is 3. The lowest BCUT2D eigenvalue weighted by molar-refractivity contribution is 0.669. The molecule has 0 saturated carbocycles. The van der Waals surface area contributed by atoms with Gasteiger partial charge in [0.25, 0.3) is 0 Å². The molecule has 0 saturated heterocycles. The molecule has 3 nitrogen and oxygen atoms in total. The number of benzene rings is 7. The molecule has 48 heavy (non-hydrogen) atoms. The Morgan fingerprint density at radius 3 is 1.73 bits per heavy atom. The minimum absolute atomic E-state index is 0.840. The number of aromatic nitrogens is 1. The second kappa shape index (κ2) is 11.7. The highest BCUT2D eigenvalue weighted by molar-refractivity contribution is 6.10. The highest BCUT2D eigenvalue weighted by Gasteiger charge is 2.19. The summed E-state index contributed by atoms with van der Waals surface area (Å²) in [6.07, 6.45) is 1.82. The molecule has 0 aliphatic carbocycles. The van der Waals surface area contributed by atoms with Crippen molar-refractivity contribution in [1.82, 2.24) is 4.98 Å². The minimum atomic E-state index is 0.840. The van der Waals surface area contributed by atoms with E-state index in [4.69, 9.17) is 4.42 Å². The van der Waals surface area contributed by atoms with E-state index < -0.39 is 0 Å². The van der Waals surface area contributed by atoms with Crippen LogP contribution < -0.4 is 4.90 Å². The SMILES string of the molecule is c1ccc(-c2ccc(-c3ccc(N(c4ccc5oc6cc7ncccc7cc6c5c4)c4ccccc4-c4ccccc4)cc3)cc2)cc1. The average Bonchev–Trinajstić information content (AvgIpc) is 3.52. The molecule has 0 amide bonds. The highest BCUT2D eigenvalue weighted by Crippen LogP contribution is 2.43. The molecule has 0 N–H and O–H groups in total. The fraction of sp³-hybridized carbons (Fsp3) is 0. The molecule has 0 unspecified atom stereocenters. The smallest absolute Gasteiger partial charge is 0.137 e. The Labute approximate surface area is 279 Å². The van der Waals surface area contributed by atoms with Crippen LogP contribution in [0, 0.1) is 0 Å². The molecule has 9 rings (SSSR count). The lowest BCUT2D eigenvalue weighted by atomic mass is 9.99. The molecule has 0 aliphatic heterocycles. The Balaban J connectivity index is 1.17. The van der Waals surface area contributed by atoms with Crippen LogP contribution in [0.25, 0.3) is 66.2 Å². The largest absolute Gasteiger partial charge is 0.456 e. The molecule has 0 bridgehead atoms. The summed E-state index contributed by atoms with van der Waals surface area (Å²) in [7, 11) is 0. The molecule has 226 valence electrons. The minimum Gasteiger partial charge on any atom is -0.456 e. The van der Waals surface area contributed by atoms with Gasteiger partial charge in [-0.05, 0) is 76.3 Å². The van der Waals surface area contributed by atoms with Crippen molar-refractivity contribution in [2.45, 2.75) is 0 Å². The first-order valence-corrected chi connectivity index (χ1v) is 16.2. The maximum atomic E-state index is 6.34. The summed E-state index contributed by atoms with van der Waals surface area (Å²) in [4.78, 5) is 6.90. The van der Waals surface area contributed by atoms with Crippen LogP contribution in [0.3, 0.4) is 0 Å². The number of furan rings is 1. The van der Waals surface area contributed by atoms with Crippen molar-refractivity contribution in [3.63, 3.8) is 0 Å². The van der Waals surface area contributed by atoms with E-state index in [0.717, 1.165) is 55.5 Å². The van der Waals surface area contributed by atoms with Gasteiger partial charge in [0, 0.05) is 45.4 Å². The summed E-state index contributed by atoms with van der Waals surface area (Å²) in [6, 6.07) is 62.2. The van der Waals surface area contributed by atoms with Gasteiger partial charge in [0.2, 0.25) is 0 Å². The average molecular weight is 615 g/mol. The second-order valence-corrected chi connectivity index (χ2v) is 12.0. The standard InChI is InChI=1S/C45H30N2O/c1-3-10-31(11-4-1)32-17-19-33(20-18-32)34-21-23-37(24-22-34)47(43-16-8-7-15-39(43)35-12-5-2-6-13-35)38-25-26-44-41(29-38)40-28-36-14-9-27-46-42(36)30-45(40)48-44/h1-30H. The number of fused-ring (bicyclic) bond motifs is 4. The second-order valence-electron chi connectivity index (χ2n) is 12.0. The molecule has 7 aromatic carbocycles. The zero-order valence-electron chi connectivity index (χ0n) is 26.1. The van der Waals surface area contributed by atoms with Gasteiger partial charge in [-0.2, -0.15) is 0 Å². The van der Waals surface area contributed by atoms with E-state index in [9.17, 15) is 0 Å². The fourth-order valence-electron chi connectivity index (χ4n) is 6.72. The predicted octanol–water partition coefficient (Wildman–Crippen LogP) is 12.6. The van der Waals surface area contributed by atoms with Crippen molar-refractivity contribution in [2.24, 2.45) is 0 Å². The maximum absolute atomic E-state index is 6.34. The van der Waals surface area contributed by atoms with Gasteiger partial charge >= 0.3 is 0 Å². The molecule has 0 atom stereocenters. The molecule has 0 fully saturated rings. The number of hydrogen-bond donors (Lipinski definition) is 0. The van der Waals surface area contributed by atoms with Crippen LogP contribution in [0.15, 0.2) is 187 Å². The van der Waals surface area contributed by atoms with Gasteiger partial charge < -0.3 is 9.32 Å².